The van der Waals surface area contributed by atoms with Crippen molar-refractivity contribution in [1.82, 2.24) is 4.90 Å². The van der Waals surface area contributed by atoms with Crippen LogP contribution in [0.25, 0.3) is 0 Å². The van der Waals surface area contributed by atoms with Gasteiger partial charge in [-0.3, -0.25) is 14.9 Å². The van der Waals surface area contributed by atoms with Crippen LogP contribution in [-0.4, -0.2) is 32.9 Å². The molecule has 0 aromatic heterocycles. The number of non-ortho nitro benzene ring substituents is 1. The number of amides is 1. The number of nitrogens with one attached hydrogen (secondary N) is 1. The Morgan fingerprint density at radius 3 is 2.46 bits per heavy atom. The molecule has 0 aliphatic carbocycles. The maximum atomic E-state index is 12.7. The Kier molecular flexibility index (Phi) is 6.02. The maximum absolute atomic E-state index is 12.7. The highest BCUT2D eigenvalue weighted by Crippen LogP contribution is 2.38. The highest BCUT2D eigenvalue weighted by Gasteiger charge is 2.43. The molecule has 1 heterocycles. The summed E-state index contributed by atoms with van der Waals surface area (Å²) in [7, 11) is 0. The molecule has 1 aromatic carbocycles. The van der Waals surface area contributed by atoms with Crippen molar-refractivity contribution in [1.29, 1.82) is 5.26 Å². The predicted octanol–water partition coefficient (Wildman–Crippen LogP) is 3.57. The van der Waals surface area contributed by atoms with Gasteiger partial charge in [0.05, 0.1) is 15.6 Å². The highest BCUT2D eigenvalue weighted by molar-refractivity contribution is 6.34. The number of piperidine rings is 1. The number of nitriles is 1. The average Bonchev–Trinajstić information content (AvgIpc) is 2.54. The van der Waals surface area contributed by atoms with Gasteiger partial charge in [-0.2, -0.15) is 5.26 Å². The second-order valence-corrected chi connectivity index (χ2v) is 8.60. The number of carbonyl (C=O) groups is 1. The van der Waals surface area contributed by atoms with E-state index in [0.29, 0.717) is 12.8 Å². The third-order valence-corrected chi connectivity index (χ3v) is 5.19. The standard InChI is InChI=1S/C19H24ClN5O3/c1-18(2)8-13(22)9-19(3,4)24(18)11-12(10-21)17(26)23-16-7-14(25(27)28)5-6-15(16)20/h5-7,11,13H,8-9,22H2,1-4H3,(H,23,26)/b12-11-. The third-order valence-electron chi connectivity index (χ3n) is 4.86. The van der Waals surface area contributed by atoms with Gasteiger partial charge in [0, 0.05) is 35.5 Å². The first-order chi connectivity index (χ1) is 12.9. The van der Waals surface area contributed by atoms with Gasteiger partial charge in [-0.1, -0.05) is 11.6 Å². The first kappa shape index (κ1) is 21.7. The molecule has 8 nitrogen and oxygen atoms in total. The first-order valence-electron chi connectivity index (χ1n) is 8.79. The van der Waals surface area contributed by atoms with Crippen molar-refractivity contribution in [2.75, 3.05) is 5.32 Å². The predicted molar refractivity (Wildman–Crippen MR) is 108 cm³/mol. The number of nitro groups is 1. The van der Waals surface area contributed by atoms with E-state index < -0.39 is 10.8 Å². The molecule has 0 saturated carbocycles. The van der Waals surface area contributed by atoms with E-state index in [1.54, 1.807) is 0 Å². The Hall–Kier alpha value is -2.63. The van der Waals surface area contributed by atoms with Gasteiger partial charge in [-0.15, -0.1) is 0 Å². The fourth-order valence-corrected chi connectivity index (χ4v) is 4.07. The van der Waals surface area contributed by atoms with Crippen LogP contribution in [0.5, 0.6) is 0 Å². The lowest BCUT2D eigenvalue weighted by Gasteiger charge is -2.54. The molecular formula is C19H24ClN5O3. The van der Waals surface area contributed by atoms with Crippen molar-refractivity contribution in [2.45, 2.75) is 57.7 Å². The van der Waals surface area contributed by atoms with Crippen molar-refractivity contribution >= 4 is 28.9 Å². The Bertz CT molecular complexity index is 855. The van der Waals surface area contributed by atoms with Gasteiger partial charge in [0.1, 0.15) is 11.6 Å². The van der Waals surface area contributed by atoms with Crippen LogP contribution in [0.2, 0.25) is 5.02 Å². The monoisotopic (exact) mass is 405 g/mol. The Morgan fingerprint density at radius 1 is 1.39 bits per heavy atom. The Balaban J connectivity index is 2.35. The number of nitro benzene ring substituents is 1. The summed E-state index contributed by atoms with van der Waals surface area (Å²) in [6, 6.07) is 5.65. The summed E-state index contributed by atoms with van der Waals surface area (Å²) in [5.41, 5.74) is 5.19. The number of hydrogen-bond donors (Lipinski definition) is 2. The summed E-state index contributed by atoms with van der Waals surface area (Å²) in [6.45, 7) is 8.03. The van der Waals surface area contributed by atoms with E-state index >= 15 is 0 Å². The zero-order valence-electron chi connectivity index (χ0n) is 16.3. The molecule has 1 amide bonds. The molecule has 150 valence electrons. The summed E-state index contributed by atoms with van der Waals surface area (Å²) < 4.78 is 0. The van der Waals surface area contributed by atoms with Gasteiger partial charge in [-0.25, -0.2) is 0 Å². The smallest absolute Gasteiger partial charge is 0.271 e. The van der Waals surface area contributed by atoms with Crippen LogP contribution in [0.1, 0.15) is 40.5 Å². The molecule has 0 radical (unpaired) electrons. The molecule has 1 aliphatic rings. The van der Waals surface area contributed by atoms with Crippen molar-refractivity contribution in [3.8, 4) is 6.07 Å². The van der Waals surface area contributed by atoms with Crippen LogP contribution in [0, 0.1) is 21.4 Å². The molecule has 0 unspecified atom stereocenters. The minimum absolute atomic E-state index is 0.0256. The van der Waals surface area contributed by atoms with Crippen LogP contribution in [0.4, 0.5) is 11.4 Å². The van der Waals surface area contributed by atoms with Crippen LogP contribution in [0.3, 0.4) is 0 Å². The minimum Gasteiger partial charge on any atom is -0.366 e. The van der Waals surface area contributed by atoms with Crippen molar-refractivity contribution < 1.29 is 9.72 Å². The largest absolute Gasteiger partial charge is 0.366 e. The molecule has 28 heavy (non-hydrogen) atoms. The van der Waals surface area contributed by atoms with E-state index in [9.17, 15) is 20.2 Å². The highest BCUT2D eigenvalue weighted by atomic mass is 35.5. The second kappa shape index (κ2) is 7.78. The van der Waals surface area contributed by atoms with Crippen molar-refractivity contribution in [3.63, 3.8) is 0 Å². The zero-order valence-corrected chi connectivity index (χ0v) is 17.1. The number of nitrogens with zero attached hydrogens (tertiary/aromatic N) is 3. The van der Waals surface area contributed by atoms with Gasteiger partial charge < -0.3 is 16.0 Å². The van der Waals surface area contributed by atoms with E-state index in [-0.39, 0.29) is 39.1 Å². The number of hydrogen-bond acceptors (Lipinski definition) is 6. The molecule has 1 fully saturated rings. The molecule has 9 heteroatoms. The second-order valence-electron chi connectivity index (χ2n) is 8.19. The summed E-state index contributed by atoms with van der Waals surface area (Å²) in [6.07, 6.45) is 2.96. The maximum Gasteiger partial charge on any atom is 0.271 e. The number of benzene rings is 1. The van der Waals surface area contributed by atoms with E-state index in [4.69, 9.17) is 17.3 Å². The molecular weight excluding hydrogens is 382 g/mol. The normalized spacial score (nSPS) is 19.0. The topological polar surface area (TPSA) is 125 Å². The summed E-state index contributed by atoms with van der Waals surface area (Å²) in [5.74, 6) is -0.689. The molecule has 0 bridgehead atoms. The number of halogens is 1. The summed E-state index contributed by atoms with van der Waals surface area (Å²) in [4.78, 5) is 25.0. The molecule has 1 aliphatic heterocycles. The van der Waals surface area contributed by atoms with Gasteiger partial charge in [0.25, 0.3) is 11.6 Å². The van der Waals surface area contributed by atoms with E-state index in [0.717, 1.165) is 6.07 Å². The van der Waals surface area contributed by atoms with E-state index in [1.165, 1.54) is 18.3 Å². The summed E-state index contributed by atoms with van der Waals surface area (Å²) >= 11 is 6.03. The Labute approximate surface area is 169 Å². The summed E-state index contributed by atoms with van der Waals surface area (Å²) in [5, 5.41) is 23.1. The fraction of sp³-hybridized carbons (Fsp3) is 0.474. The number of likely N-dealkylation sites (tertiary alicyclic amines) is 1. The van der Waals surface area contributed by atoms with E-state index in [2.05, 4.69) is 5.32 Å². The SMILES string of the molecule is CC1(C)CC(N)CC(C)(C)N1/C=C(/C#N)C(=O)Nc1cc([N+](=O)[O-])ccc1Cl. The molecule has 2 rings (SSSR count). The lowest BCUT2D eigenvalue weighted by atomic mass is 9.77. The minimum atomic E-state index is -0.689. The van der Waals surface area contributed by atoms with Crippen LogP contribution in [-0.2, 0) is 4.79 Å². The van der Waals surface area contributed by atoms with Gasteiger partial charge in [0.2, 0.25) is 0 Å². The lowest BCUT2D eigenvalue weighted by Crippen LogP contribution is -2.61. The molecule has 0 spiro atoms. The number of carbonyl (C=O) groups excluding carboxylic acids is 1. The third kappa shape index (κ3) is 4.61. The molecule has 3 N–H and O–H groups in total. The number of nitrogens with two attached hydrogens (primary N) is 1. The lowest BCUT2D eigenvalue weighted by molar-refractivity contribution is -0.384. The van der Waals surface area contributed by atoms with Crippen molar-refractivity contribution in [3.05, 3.63) is 45.1 Å². The number of anilines is 1. The van der Waals surface area contributed by atoms with Gasteiger partial charge in [-0.05, 0) is 46.6 Å². The molecule has 1 saturated heterocycles. The van der Waals surface area contributed by atoms with Gasteiger partial charge >= 0.3 is 0 Å². The van der Waals surface area contributed by atoms with Gasteiger partial charge in [0.15, 0.2) is 0 Å². The van der Waals surface area contributed by atoms with Crippen molar-refractivity contribution in [2.24, 2.45) is 5.73 Å². The van der Waals surface area contributed by atoms with Crippen LogP contribution in [0.15, 0.2) is 30.0 Å². The first-order valence-corrected chi connectivity index (χ1v) is 9.17. The molecule has 0 atom stereocenters. The number of rotatable bonds is 4. The van der Waals surface area contributed by atoms with E-state index in [1.807, 2.05) is 38.7 Å². The van der Waals surface area contributed by atoms with Crippen LogP contribution < -0.4 is 11.1 Å². The quantitative estimate of drug-likeness (QED) is 0.341. The van der Waals surface area contributed by atoms with Crippen LogP contribution >= 0.6 is 11.6 Å². The molecule has 1 aromatic rings. The fourth-order valence-electron chi connectivity index (χ4n) is 3.90. The zero-order chi connectivity index (χ0) is 21.3. The average molecular weight is 406 g/mol. The Morgan fingerprint density at radius 2 is 1.96 bits per heavy atom.